The lowest BCUT2D eigenvalue weighted by Crippen LogP contribution is -2.38. The van der Waals surface area contributed by atoms with Crippen molar-refractivity contribution in [2.24, 2.45) is 0 Å². The largest absolute Gasteiger partial charge is 0.481 e. The fraction of sp³-hybridized carbons (Fsp3) is 0.381. The fourth-order valence-corrected chi connectivity index (χ4v) is 3.57. The number of aliphatic carboxylic acids is 1. The summed E-state index contributed by atoms with van der Waals surface area (Å²) in [5, 5.41) is 15.3. The quantitative estimate of drug-likeness (QED) is 0.605. The van der Waals surface area contributed by atoms with Gasteiger partial charge in [-0.2, -0.15) is 0 Å². The summed E-state index contributed by atoms with van der Waals surface area (Å²) in [4.78, 5) is 29.8. The zero-order valence-electron chi connectivity index (χ0n) is 15.8. The number of aromatic nitrogens is 1. The topological polar surface area (TPSA) is 94.6 Å². The third kappa shape index (κ3) is 5.79. The molecule has 2 heterocycles. The summed E-state index contributed by atoms with van der Waals surface area (Å²) in [5.74, 6) is -0.0435. The van der Waals surface area contributed by atoms with Crippen LogP contribution in [0.15, 0.2) is 48.7 Å². The highest BCUT2D eigenvalue weighted by Gasteiger charge is 2.24. The molecule has 1 atom stereocenters. The SMILES string of the molecule is O=C(O)CC1CCN(CC(=O)NCCNc2ccccn2)Cc2ccccc21. The first-order valence-electron chi connectivity index (χ1n) is 9.55. The molecule has 1 aliphatic heterocycles. The molecule has 2 aromatic rings. The van der Waals surface area contributed by atoms with Crippen molar-refractivity contribution in [3.8, 4) is 0 Å². The number of carbonyl (C=O) groups is 2. The molecule has 3 rings (SSSR count). The molecular weight excluding hydrogens is 356 g/mol. The average Bonchev–Trinajstić information content (AvgIpc) is 2.85. The molecule has 28 heavy (non-hydrogen) atoms. The summed E-state index contributed by atoms with van der Waals surface area (Å²) in [6.45, 7) is 2.78. The molecule has 1 unspecified atom stereocenters. The van der Waals surface area contributed by atoms with E-state index in [4.69, 9.17) is 0 Å². The number of rotatable bonds is 8. The smallest absolute Gasteiger partial charge is 0.303 e. The summed E-state index contributed by atoms with van der Waals surface area (Å²) in [7, 11) is 0. The van der Waals surface area contributed by atoms with Crippen LogP contribution < -0.4 is 10.6 Å². The molecule has 0 fully saturated rings. The molecule has 7 nitrogen and oxygen atoms in total. The number of pyridine rings is 1. The van der Waals surface area contributed by atoms with Crippen LogP contribution in [0.3, 0.4) is 0 Å². The third-order valence-electron chi connectivity index (χ3n) is 4.89. The van der Waals surface area contributed by atoms with Crippen molar-refractivity contribution in [2.75, 3.05) is 31.5 Å². The van der Waals surface area contributed by atoms with E-state index >= 15 is 0 Å². The number of carbonyl (C=O) groups excluding carboxylic acids is 1. The molecule has 1 aromatic heterocycles. The van der Waals surface area contributed by atoms with E-state index in [1.54, 1.807) is 6.20 Å². The van der Waals surface area contributed by atoms with Crippen molar-refractivity contribution in [1.82, 2.24) is 15.2 Å². The Hall–Kier alpha value is -2.93. The van der Waals surface area contributed by atoms with Crippen molar-refractivity contribution in [3.05, 3.63) is 59.8 Å². The summed E-state index contributed by atoms with van der Waals surface area (Å²) < 4.78 is 0. The molecule has 0 spiro atoms. The van der Waals surface area contributed by atoms with E-state index in [9.17, 15) is 14.7 Å². The van der Waals surface area contributed by atoms with Crippen LogP contribution in [0.1, 0.15) is 29.9 Å². The van der Waals surface area contributed by atoms with Crippen LogP contribution in [0.2, 0.25) is 0 Å². The van der Waals surface area contributed by atoms with E-state index in [0.717, 1.165) is 23.4 Å². The number of nitrogens with zero attached hydrogens (tertiary/aromatic N) is 2. The van der Waals surface area contributed by atoms with Crippen molar-refractivity contribution < 1.29 is 14.7 Å². The van der Waals surface area contributed by atoms with Crippen LogP contribution in [0.4, 0.5) is 5.82 Å². The lowest BCUT2D eigenvalue weighted by atomic mass is 9.90. The Bertz CT molecular complexity index is 797. The van der Waals surface area contributed by atoms with Gasteiger partial charge >= 0.3 is 5.97 Å². The summed E-state index contributed by atoms with van der Waals surface area (Å²) in [6, 6.07) is 13.6. The van der Waals surface area contributed by atoms with E-state index in [1.165, 1.54) is 0 Å². The molecule has 0 saturated heterocycles. The van der Waals surface area contributed by atoms with Crippen molar-refractivity contribution >= 4 is 17.7 Å². The Morgan fingerprint density at radius 3 is 2.75 bits per heavy atom. The van der Waals surface area contributed by atoms with Gasteiger partial charge in [-0.1, -0.05) is 30.3 Å². The maximum Gasteiger partial charge on any atom is 0.303 e. The minimum atomic E-state index is -0.786. The fourth-order valence-electron chi connectivity index (χ4n) is 3.57. The number of hydrogen-bond donors (Lipinski definition) is 3. The third-order valence-corrected chi connectivity index (χ3v) is 4.89. The Morgan fingerprint density at radius 1 is 1.14 bits per heavy atom. The molecule has 3 N–H and O–H groups in total. The van der Waals surface area contributed by atoms with Gasteiger partial charge in [-0.15, -0.1) is 0 Å². The Balaban J connectivity index is 1.49. The van der Waals surface area contributed by atoms with Gasteiger partial charge in [0.25, 0.3) is 0 Å². The van der Waals surface area contributed by atoms with Gasteiger partial charge in [-0.3, -0.25) is 14.5 Å². The lowest BCUT2D eigenvalue weighted by Gasteiger charge is -2.20. The number of carboxylic acid groups (broad SMARTS) is 1. The van der Waals surface area contributed by atoms with Crippen LogP contribution in [0.25, 0.3) is 0 Å². The van der Waals surface area contributed by atoms with Gasteiger partial charge in [0.15, 0.2) is 0 Å². The van der Waals surface area contributed by atoms with Gasteiger partial charge in [0.1, 0.15) is 5.82 Å². The maximum atomic E-state index is 12.3. The average molecular weight is 382 g/mol. The number of amides is 1. The Labute approximate surface area is 164 Å². The number of nitrogens with one attached hydrogen (secondary N) is 2. The van der Waals surface area contributed by atoms with Gasteiger partial charge in [-0.25, -0.2) is 4.98 Å². The predicted molar refractivity (Wildman–Crippen MR) is 107 cm³/mol. The predicted octanol–water partition coefficient (Wildman–Crippen LogP) is 2.07. The van der Waals surface area contributed by atoms with E-state index in [2.05, 4.69) is 20.5 Å². The standard InChI is InChI=1S/C21H26N4O3/c26-20(24-11-10-23-19-7-3-4-9-22-19)15-25-12-8-16(13-21(27)28)18-6-2-1-5-17(18)14-25/h1-7,9,16H,8,10-15H2,(H,22,23)(H,24,26)(H,27,28). The molecule has 0 aliphatic carbocycles. The molecule has 0 radical (unpaired) electrons. The molecule has 0 saturated carbocycles. The highest BCUT2D eigenvalue weighted by atomic mass is 16.4. The Kier molecular flexibility index (Phi) is 6.97. The number of fused-ring (bicyclic) bond motifs is 1. The highest BCUT2D eigenvalue weighted by molar-refractivity contribution is 5.78. The first-order chi connectivity index (χ1) is 13.6. The minimum absolute atomic E-state index is 0.00988. The van der Waals surface area contributed by atoms with Crippen LogP contribution in [-0.4, -0.2) is 53.0 Å². The number of hydrogen-bond acceptors (Lipinski definition) is 5. The van der Waals surface area contributed by atoms with Crippen LogP contribution in [0, 0.1) is 0 Å². The second-order valence-electron chi connectivity index (χ2n) is 6.98. The van der Waals surface area contributed by atoms with Gasteiger partial charge in [0.2, 0.25) is 5.91 Å². The molecule has 1 aliphatic rings. The van der Waals surface area contributed by atoms with Gasteiger partial charge in [0.05, 0.1) is 13.0 Å². The number of carboxylic acids is 1. The molecule has 1 amide bonds. The molecule has 0 bridgehead atoms. The zero-order valence-corrected chi connectivity index (χ0v) is 15.8. The van der Waals surface area contributed by atoms with Crippen molar-refractivity contribution in [1.29, 1.82) is 0 Å². The Morgan fingerprint density at radius 2 is 1.96 bits per heavy atom. The van der Waals surface area contributed by atoms with Crippen LogP contribution in [0.5, 0.6) is 0 Å². The van der Waals surface area contributed by atoms with E-state index in [-0.39, 0.29) is 18.2 Å². The molecule has 1 aromatic carbocycles. The normalized spacial score (nSPS) is 16.6. The summed E-state index contributed by atoms with van der Waals surface area (Å²) in [5.41, 5.74) is 2.20. The summed E-state index contributed by atoms with van der Waals surface area (Å²) >= 11 is 0. The van der Waals surface area contributed by atoms with E-state index < -0.39 is 5.97 Å². The minimum Gasteiger partial charge on any atom is -0.481 e. The number of benzene rings is 1. The summed E-state index contributed by atoms with van der Waals surface area (Å²) in [6.07, 6.45) is 2.57. The van der Waals surface area contributed by atoms with Crippen LogP contribution in [-0.2, 0) is 16.1 Å². The zero-order chi connectivity index (χ0) is 19.8. The molecular formula is C21H26N4O3. The first kappa shape index (κ1) is 19.8. The van der Waals surface area contributed by atoms with Gasteiger partial charge in [0, 0.05) is 25.8 Å². The van der Waals surface area contributed by atoms with E-state index in [1.807, 2.05) is 42.5 Å². The molecule has 7 heteroatoms. The molecule has 148 valence electrons. The number of anilines is 1. The van der Waals surface area contributed by atoms with Crippen molar-refractivity contribution in [3.63, 3.8) is 0 Å². The maximum absolute atomic E-state index is 12.3. The van der Waals surface area contributed by atoms with E-state index in [0.29, 0.717) is 32.7 Å². The van der Waals surface area contributed by atoms with Gasteiger partial charge < -0.3 is 15.7 Å². The second-order valence-corrected chi connectivity index (χ2v) is 6.98. The van der Waals surface area contributed by atoms with Gasteiger partial charge in [-0.05, 0) is 42.1 Å². The highest BCUT2D eigenvalue weighted by Crippen LogP contribution is 2.30. The van der Waals surface area contributed by atoms with Crippen LogP contribution >= 0.6 is 0 Å². The lowest BCUT2D eigenvalue weighted by molar-refractivity contribution is -0.137. The monoisotopic (exact) mass is 382 g/mol. The van der Waals surface area contributed by atoms with Crippen molar-refractivity contribution in [2.45, 2.75) is 25.3 Å². The first-order valence-corrected chi connectivity index (χ1v) is 9.55. The second kappa shape index (κ2) is 9.85.